The summed E-state index contributed by atoms with van der Waals surface area (Å²) in [7, 11) is -5.86. The van der Waals surface area contributed by atoms with E-state index in [4.69, 9.17) is 22.9 Å². The number of nitrogens with one attached hydrogen (secondary N) is 1. The molecule has 3 aliphatic rings. The van der Waals surface area contributed by atoms with Crippen LogP contribution in [0.15, 0.2) is 73.3 Å². The van der Waals surface area contributed by atoms with Crippen molar-refractivity contribution in [2.75, 3.05) is 18.7 Å². The number of carbonyl (C=O) groups excluding carboxylic acids is 1. The van der Waals surface area contributed by atoms with E-state index in [1.54, 1.807) is 6.33 Å². The maximum absolute atomic E-state index is 12.0. The van der Waals surface area contributed by atoms with Crippen molar-refractivity contribution in [2.24, 2.45) is 0 Å². The van der Waals surface area contributed by atoms with Crippen molar-refractivity contribution in [3.05, 3.63) is 73.3 Å². The number of amides is 1. The Hall–Kier alpha value is -2.92. The molecule has 3 fully saturated rings. The highest BCUT2D eigenvalue weighted by molar-refractivity contribution is 7.45. The molecule has 2 aromatic heterocycles. The summed E-state index contributed by atoms with van der Waals surface area (Å²) < 4.78 is 39.6. The van der Waals surface area contributed by atoms with Crippen molar-refractivity contribution in [2.45, 2.75) is 141 Å². The summed E-state index contributed by atoms with van der Waals surface area (Å²) in [4.78, 5) is 25.6. The zero-order valence-corrected chi connectivity index (χ0v) is 37.9. The van der Waals surface area contributed by atoms with E-state index in [0.29, 0.717) is 40.0 Å². The van der Waals surface area contributed by atoms with Crippen LogP contribution in [0.1, 0.15) is 80.9 Å². The number of fused-ring (bicyclic) bond motifs is 2. The Kier molecular flexibility index (Phi) is 13.1. The molecule has 0 saturated carbocycles. The van der Waals surface area contributed by atoms with E-state index in [-0.39, 0.29) is 30.9 Å². The molecule has 5 heterocycles. The van der Waals surface area contributed by atoms with Gasteiger partial charge in [0.05, 0.1) is 18.5 Å². The topological polar surface area (TPSA) is 122 Å². The van der Waals surface area contributed by atoms with Crippen molar-refractivity contribution in [1.82, 2.24) is 24.2 Å². The number of rotatable bonds is 16. The number of ether oxygens (including phenoxy) is 2. The number of hydrogen-bond acceptors (Lipinski definition) is 10. The summed E-state index contributed by atoms with van der Waals surface area (Å²) >= 11 is 0. The van der Waals surface area contributed by atoms with Gasteiger partial charge in [0.1, 0.15) is 33.4 Å². The Balaban J connectivity index is 1.20. The Morgan fingerprint density at radius 1 is 0.930 bits per heavy atom. The summed E-state index contributed by atoms with van der Waals surface area (Å²) in [5.41, 5.74) is 2.20. The molecular formula is C42H61N6O6PSi2. The monoisotopic (exact) mass is 832 g/mol. The molecule has 1 amide bonds. The van der Waals surface area contributed by atoms with Gasteiger partial charge >= 0.3 is 0 Å². The molecule has 4 aromatic rings. The Labute approximate surface area is 341 Å². The first-order valence-electron chi connectivity index (χ1n) is 20.8. The molecule has 1 N–H and O–H groups in total. The average molecular weight is 833 g/mol. The van der Waals surface area contributed by atoms with E-state index in [9.17, 15) is 4.79 Å². The van der Waals surface area contributed by atoms with Crippen LogP contribution in [0.2, 0.25) is 29.2 Å². The SMILES string of the molecule is CC[C@H]1O[C@@H](n2cnc3c(NC(C)=O)ncnc32)[C@@H](OCO[Si](C(C)C)(C(C)C)C(C)C)C1O[P@@]1O[C@H](C[Si](C)(c2ccccc2)c2ccccc2)[C@@H]2CCCN21. The quantitative estimate of drug-likeness (QED) is 0.0676. The average Bonchev–Trinajstić information content (AvgIpc) is 3.98. The molecule has 2 aromatic carbocycles. The molecule has 0 radical (unpaired) electrons. The predicted molar refractivity (Wildman–Crippen MR) is 231 cm³/mol. The molecule has 308 valence electrons. The van der Waals surface area contributed by atoms with Gasteiger partial charge in [-0.3, -0.25) is 9.36 Å². The summed E-state index contributed by atoms with van der Waals surface area (Å²) in [5, 5.41) is 5.61. The number of carbonyl (C=O) groups is 1. The van der Waals surface area contributed by atoms with Gasteiger partial charge in [-0.2, -0.15) is 0 Å². The van der Waals surface area contributed by atoms with Gasteiger partial charge in [-0.25, -0.2) is 19.6 Å². The Morgan fingerprint density at radius 2 is 1.58 bits per heavy atom. The van der Waals surface area contributed by atoms with Crippen molar-refractivity contribution < 1.29 is 27.7 Å². The minimum atomic E-state index is -2.26. The van der Waals surface area contributed by atoms with E-state index in [1.165, 1.54) is 23.6 Å². The lowest BCUT2D eigenvalue weighted by Gasteiger charge is -2.42. The Bertz CT molecular complexity index is 1900. The molecular weight excluding hydrogens is 772 g/mol. The lowest BCUT2D eigenvalue weighted by Crippen LogP contribution is -2.58. The molecule has 3 saturated heterocycles. The van der Waals surface area contributed by atoms with Crippen molar-refractivity contribution in [3.63, 3.8) is 0 Å². The summed E-state index contributed by atoms with van der Waals surface area (Å²) in [5.74, 6) is 0.113. The van der Waals surface area contributed by atoms with E-state index < -0.39 is 43.4 Å². The second kappa shape index (κ2) is 17.7. The smallest absolute Gasteiger partial charge is 0.259 e. The molecule has 3 aliphatic heterocycles. The van der Waals surface area contributed by atoms with Crippen LogP contribution >= 0.6 is 8.53 Å². The van der Waals surface area contributed by atoms with Crippen LogP contribution in [0.25, 0.3) is 11.2 Å². The van der Waals surface area contributed by atoms with Crippen LogP contribution in [0.3, 0.4) is 0 Å². The van der Waals surface area contributed by atoms with Gasteiger partial charge in [0.15, 0.2) is 23.2 Å². The summed E-state index contributed by atoms with van der Waals surface area (Å²) in [6, 6.07) is 23.3. The van der Waals surface area contributed by atoms with E-state index in [2.05, 4.69) is 141 Å². The third-order valence-electron chi connectivity index (χ3n) is 12.7. The molecule has 0 spiro atoms. The second-order valence-corrected chi connectivity index (χ2v) is 28.1. The van der Waals surface area contributed by atoms with Crippen LogP contribution in [0, 0.1) is 0 Å². The highest BCUT2D eigenvalue weighted by Gasteiger charge is 2.55. The summed E-state index contributed by atoms with van der Waals surface area (Å²) in [6.07, 6.45) is 4.11. The maximum atomic E-state index is 12.0. The fraction of sp³-hybridized carbons (Fsp3) is 0.571. The number of nitrogens with zero attached hydrogens (tertiary/aromatic N) is 5. The lowest BCUT2D eigenvalue weighted by molar-refractivity contribution is -0.114. The van der Waals surface area contributed by atoms with Gasteiger partial charge in [-0.15, -0.1) is 0 Å². The molecule has 0 bridgehead atoms. The molecule has 0 aliphatic carbocycles. The first-order valence-corrected chi connectivity index (χ1v) is 26.7. The van der Waals surface area contributed by atoms with Gasteiger partial charge in [-0.1, -0.05) is 126 Å². The van der Waals surface area contributed by atoms with E-state index >= 15 is 0 Å². The molecule has 7 rings (SSSR count). The highest BCUT2D eigenvalue weighted by Crippen LogP contribution is 2.59. The van der Waals surface area contributed by atoms with Gasteiger partial charge < -0.3 is 28.3 Å². The third kappa shape index (κ3) is 8.19. The van der Waals surface area contributed by atoms with Gasteiger partial charge in [0, 0.05) is 19.5 Å². The molecule has 57 heavy (non-hydrogen) atoms. The zero-order chi connectivity index (χ0) is 40.5. The largest absolute Gasteiger partial charge is 0.394 e. The van der Waals surface area contributed by atoms with E-state index in [0.717, 1.165) is 25.4 Å². The first kappa shape index (κ1) is 42.2. The number of imidazole rings is 1. The number of hydrogen-bond donors (Lipinski definition) is 1. The lowest BCUT2D eigenvalue weighted by atomic mass is 10.1. The van der Waals surface area contributed by atoms with Gasteiger partial charge in [-0.05, 0) is 41.9 Å². The van der Waals surface area contributed by atoms with Crippen LogP contribution in [-0.2, 0) is 27.7 Å². The van der Waals surface area contributed by atoms with Crippen molar-refractivity contribution >= 4 is 58.2 Å². The number of benzene rings is 2. The first-order chi connectivity index (χ1) is 27.4. The van der Waals surface area contributed by atoms with Gasteiger partial charge in [0.25, 0.3) is 8.53 Å². The molecule has 15 heteroatoms. The summed E-state index contributed by atoms with van der Waals surface area (Å²) in [6.45, 7) is 20.8. The minimum Gasteiger partial charge on any atom is -0.394 e. The van der Waals surface area contributed by atoms with E-state index in [1.807, 2.05) is 4.57 Å². The molecule has 1 unspecified atom stereocenters. The number of anilines is 1. The molecule has 12 nitrogen and oxygen atoms in total. The predicted octanol–water partition coefficient (Wildman–Crippen LogP) is 8.00. The van der Waals surface area contributed by atoms with Crippen LogP contribution in [0.5, 0.6) is 0 Å². The third-order valence-corrected chi connectivity index (χ3v) is 24.9. The molecule has 7 atom stereocenters. The fourth-order valence-electron chi connectivity index (χ4n) is 9.96. The second-order valence-electron chi connectivity index (χ2n) is 17.0. The van der Waals surface area contributed by atoms with Crippen molar-refractivity contribution in [1.29, 1.82) is 0 Å². The Morgan fingerprint density at radius 3 is 2.18 bits per heavy atom. The maximum Gasteiger partial charge on any atom is 0.259 e. The van der Waals surface area contributed by atoms with Crippen LogP contribution < -0.4 is 15.7 Å². The van der Waals surface area contributed by atoms with Crippen LogP contribution in [-0.4, -0.2) is 90.3 Å². The van der Waals surface area contributed by atoms with Gasteiger partial charge in [0.2, 0.25) is 14.2 Å². The number of aromatic nitrogens is 4. The zero-order valence-electron chi connectivity index (χ0n) is 35.0. The normalized spacial score (nSPS) is 25.6. The fourth-order valence-corrected chi connectivity index (χ4v) is 21.2. The minimum absolute atomic E-state index is 0.0350. The van der Waals surface area contributed by atoms with Crippen LogP contribution in [0.4, 0.5) is 5.82 Å². The standard InChI is InChI=1S/C42H61N6O6PSi2/c1-10-35-38(54-55-48-23-17-22-34(48)36(53-55)24-56(9,32-18-13-11-14-19-32)33-20-15-12-16-21-33)39(50-27-51-57(28(2)3,29(4)5)30(6)7)42(52-35)47-26-45-37-40(46-31(8)49)43-25-44-41(37)47/h11-16,18-21,25-26,28-30,34-36,38-39,42H,10,17,22-24,27H2,1-9H3,(H,43,44,46,49)/t34-,35+,36+,38?,39-,42+,55+/m0/s1. The highest BCUT2D eigenvalue weighted by atomic mass is 31.2. The van der Waals surface area contributed by atoms with Crippen molar-refractivity contribution in [3.8, 4) is 0 Å².